The molecule has 0 fully saturated rings. The van der Waals surface area contributed by atoms with E-state index >= 15 is 0 Å². The molecule has 2 aromatic rings. The monoisotopic (exact) mass is 364 g/mol. The number of hydrogen-bond acceptors (Lipinski definition) is 6. The van der Waals surface area contributed by atoms with Gasteiger partial charge < -0.3 is 15.0 Å². The predicted molar refractivity (Wildman–Crippen MR) is 94.0 cm³/mol. The third-order valence-corrected chi connectivity index (χ3v) is 4.40. The lowest BCUT2D eigenvalue weighted by molar-refractivity contribution is 0.0223. The minimum absolute atomic E-state index is 0.260. The molecule has 0 spiro atoms. The van der Waals surface area contributed by atoms with E-state index in [1.54, 1.807) is 11.0 Å². The van der Waals surface area contributed by atoms with Crippen LogP contribution in [0, 0.1) is 5.82 Å². The number of carbonyl (C=O) groups excluding carboxylic acids is 1. The van der Waals surface area contributed by atoms with Crippen molar-refractivity contribution in [1.29, 1.82) is 0 Å². The summed E-state index contributed by atoms with van der Waals surface area (Å²) in [7, 11) is 0. The molecule has 0 radical (unpaired) electrons. The number of carbonyl (C=O) groups is 1. The summed E-state index contributed by atoms with van der Waals surface area (Å²) in [5, 5.41) is 8.81. The Morgan fingerprint density at radius 2 is 2.24 bits per heavy atom. The first-order valence-electron chi connectivity index (χ1n) is 8.11. The normalized spacial score (nSPS) is 14.2. The number of hydrogen-bond donors (Lipinski definition) is 1. The fourth-order valence-electron chi connectivity index (χ4n) is 2.68. The second-order valence-corrected chi connectivity index (χ2v) is 7.58. The summed E-state index contributed by atoms with van der Waals surface area (Å²) in [5.41, 5.74) is 2.15. The van der Waals surface area contributed by atoms with Crippen LogP contribution in [0.4, 0.5) is 14.9 Å². The van der Waals surface area contributed by atoms with Crippen LogP contribution in [0.15, 0.2) is 17.5 Å². The van der Waals surface area contributed by atoms with Gasteiger partial charge in [-0.25, -0.2) is 9.18 Å². The van der Waals surface area contributed by atoms with Crippen LogP contribution in [0.5, 0.6) is 0 Å². The Labute approximate surface area is 150 Å². The molecule has 1 N–H and O–H groups in total. The summed E-state index contributed by atoms with van der Waals surface area (Å²) in [6.07, 6.45) is 0.102. The summed E-state index contributed by atoms with van der Waals surface area (Å²) in [6, 6.07) is 3.56. The van der Waals surface area contributed by atoms with Gasteiger partial charge in [0.25, 0.3) is 0 Å². The van der Waals surface area contributed by atoms with Crippen molar-refractivity contribution < 1.29 is 13.9 Å². The molecule has 8 heteroatoms. The van der Waals surface area contributed by atoms with E-state index in [-0.39, 0.29) is 11.9 Å². The highest BCUT2D eigenvalue weighted by molar-refractivity contribution is 7.03. The largest absolute Gasteiger partial charge is 0.444 e. The number of ether oxygens (including phenoxy) is 1. The third kappa shape index (κ3) is 4.25. The van der Waals surface area contributed by atoms with Crippen LogP contribution < -0.4 is 5.32 Å². The molecule has 1 amide bonds. The Morgan fingerprint density at radius 3 is 2.92 bits per heavy atom. The van der Waals surface area contributed by atoms with Gasteiger partial charge in [0.2, 0.25) is 0 Å². The molecule has 0 atom stereocenters. The van der Waals surface area contributed by atoms with Crippen molar-refractivity contribution in [2.24, 2.45) is 0 Å². The number of rotatable bonds is 3. The van der Waals surface area contributed by atoms with E-state index in [1.807, 2.05) is 32.2 Å². The second kappa shape index (κ2) is 6.95. The standard InChI is InChI=1S/C17H21FN4O2S/c1-17(2,3)24-16(23)22-7-6-13-11(9-22)4-5-14(15(13)18)19-8-12-10-25-21-20-12/h4-5,10,19H,6-9H2,1-3H3. The van der Waals surface area contributed by atoms with Gasteiger partial charge in [0, 0.05) is 18.5 Å². The number of halogens is 1. The Bertz CT molecular complexity index is 759. The quantitative estimate of drug-likeness (QED) is 0.902. The maximum atomic E-state index is 14.8. The predicted octanol–water partition coefficient (Wildman–Crippen LogP) is 3.58. The van der Waals surface area contributed by atoms with Gasteiger partial charge >= 0.3 is 6.09 Å². The molecular formula is C17H21FN4O2S. The number of aromatic nitrogens is 2. The second-order valence-electron chi connectivity index (χ2n) is 6.97. The molecule has 0 aliphatic carbocycles. The van der Waals surface area contributed by atoms with Crippen molar-refractivity contribution in [2.75, 3.05) is 11.9 Å². The fraction of sp³-hybridized carbons (Fsp3) is 0.471. The highest BCUT2D eigenvalue weighted by Gasteiger charge is 2.27. The van der Waals surface area contributed by atoms with Crippen LogP contribution in [0.1, 0.15) is 37.6 Å². The van der Waals surface area contributed by atoms with E-state index in [1.165, 1.54) is 11.5 Å². The van der Waals surface area contributed by atoms with Gasteiger partial charge in [-0.3, -0.25) is 0 Å². The van der Waals surface area contributed by atoms with Crippen molar-refractivity contribution in [1.82, 2.24) is 14.5 Å². The molecule has 25 heavy (non-hydrogen) atoms. The average molecular weight is 364 g/mol. The first kappa shape index (κ1) is 17.6. The van der Waals surface area contributed by atoms with Gasteiger partial charge in [-0.2, -0.15) is 0 Å². The van der Waals surface area contributed by atoms with Crippen molar-refractivity contribution in [3.8, 4) is 0 Å². The van der Waals surface area contributed by atoms with E-state index in [0.717, 1.165) is 11.3 Å². The lowest BCUT2D eigenvalue weighted by atomic mass is 9.98. The summed E-state index contributed by atoms with van der Waals surface area (Å²) in [4.78, 5) is 13.8. The summed E-state index contributed by atoms with van der Waals surface area (Å²) in [5.74, 6) is -0.260. The molecule has 6 nitrogen and oxygen atoms in total. The lowest BCUT2D eigenvalue weighted by Gasteiger charge is -2.31. The van der Waals surface area contributed by atoms with Gasteiger partial charge in [0.1, 0.15) is 11.4 Å². The van der Waals surface area contributed by atoms with Crippen LogP contribution in [0.2, 0.25) is 0 Å². The van der Waals surface area contributed by atoms with Crippen LogP contribution in [-0.4, -0.2) is 32.7 Å². The van der Waals surface area contributed by atoms with Gasteiger partial charge in [-0.05, 0) is 55.9 Å². The van der Waals surface area contributed by atoms with Crippen LogP contribution >= 0.6 is 11.5 Å². The van der Waals surface area contributed by atoms with E-state index < -0.39 is 5.60 Å². The molecule has 1 aliphatic rings. The first-order chi connectivity index (χ1) is 11.8. The smallest absolute Gasteiger partial charge is 0.410 e. The summed E-state index contributed by atoms with van der Waals surface area (Å²) >= 11 is 1.26. The number of nitrogens with zero attached hydrogens (tertiary/aromatic N) is 3. The minimum atomic E-state index is -0.541. The van der Waals surface area contributed by atoms with E-state index in [4.69, 9.17) is 4.74 Å². The molecule has 1 aliphatic heterocycles. The maximum absolute atomic E-state index is 14.8. The summed E-state index contributed by atoms with van der Waals surface area (Å²) < 4.78 is 23.9. The molecule has 0 saturated carbocycles. The fourth-order valence-corrected chi connectivity index (χ4v) is 3.13. The van der Waals surface area contributed by atoms with E-state index in [0.29, 0.717) is 37.3 Å². The molecule has 0 unspecified atom stereocenters. The number of amides is 1. The highest BCUT2D eigenvalue weighted by atomic mass is 32.1. The average Bonchev–Trinajstić information content (AvgIpc) is 3.06. The number of fused-ring (bicyclic) bond motifs is 1. The molecule has 3 rings (SSSR count). The zero-order chi connectivity index (χ0) is 18.0. The third-order valence-electron chi connectivity index (χ3n) is 3.85. The van der Waals surface area contributed by atoms with E-state index in [9.17, 15) is 9.18 Å². The van der Waals surface area contributed by atoms with Gasteiger partial charge in [-0.1, -0.05) is 10.6 Å². The van der Waals surface area contributed by atoms with Crippen LogP contribution in [0.3, 0.4) is 0 Å². The van der Waals surface area contributed by atoms with Crippen LogP contribution in [-0.2, 0) is 24.2 Å². The highest BCUT2D eigenvalue weighted by Crippen LogP contribution is 2.28. The van der Waals surface area contributed by atoms with Gasteiger partial charge in [0.05, 0.1) is 17.9 Å². The Balaban J connectivity index is 1.70. The van der Waals surface area contributed by atoms with Crippen molar-refractivity contribution in [3.63, 3.8) is 0 Å². The molecule has 0 bridgehead atoms. The van der Waals surface area contributed by atoms with E-state index in [2.05, 4.69) is 14.9 Å². The van der Waals surface area contributed by atoms with Crippen LogP contribution in [0.25, 0.3) is 0 Å². The number of anilines is 1. The summed E-state index contributed by atoms with van der Waals surface area (Å²) in [6.45, 7) is 6.72. The molecule has 1 aromatic carbocycles. The molecule has 0 saturated heterocycles. The van der Waals surface area contributed by atoms with Crippen molar-refractivity contribution in [2.45, 2.75) is 45.9 Å². The number of nitrogens with one attached hydrogen (secondary N) is 1. The van der Waals surface area contributed by atoms with Crippen molar-refractivity contribution in [3.05, 3.63) is 40.2 Å². The van der Waals surface area contributed by atoms with Gasteiger partial charge in [-0.15, -0.1) is 5.10 Å². The van der Waals surface area contributed by atoms with Gasteiger partial charge in [0.15, 0.2) is 0 Å². The molecule has 134 valence electrons. The van der Waals surface area contributed by atoms with Crippen molar-refractivity contribution >= 4 is 23.3 Å². The number of benzene rings is 1. The Morgan fingerprint density at radius 1 is 1.44 bits per heavy atom. The molecule has 2 heterocycles. The maximum Gasteiger partial charge on any atom is 0.410 e. The Hall–Kier alpha value is -2.22. The zero-order valence-corrected chi connectivity index (χ0v) is 15.3. The molecule has 1 aromatic heterocycles. The first-order valence-corrected chi connectivity index (χ1v) is 8.95. The SMILES string of the molecule is CC(C)(C)OC(=O)N1CCc2c(ccc(NCc3csnn3)c2F)C1. The topological polar surface area (TPSA) is 67.3 Å². The lowest BCUT2D eigenvalue weighted by Crippen LogP contribution is -2.40. The zero-order valence-electron chi connectivity index (χ0n) is 14.5. The Kier molecular flexibility index (Phi) is 4.89. The minimum Gasteiger partial charge on any atom is -0.444 e. The molecular weight excluding hydrogens is 343 g/mol.